The number of urea groups is 1. The lowest BCUT2D eigenvalue weighted by atomic mass is 10.4. The van der Waals surface area contributed by atoms with Gasteiger partial charge in [-0.3, -0.25) is 4.84 Å². The highest BCUT2D eigenvalue weighted by atomic mass is 32.1. The van der Waals surface area contributed by atoms with E-state index in [0.717, 1.165) is 10.6 Å². The van der Waals surface area contributed by atoms with Gasteiger partial charge in [-0.15, -0.1) is 11.3 Å². The van der Waals surface area contributed by atoms with Crippen molar-refractivity contribution >= 4 is 23.3 Å². The molecule has 0 radical (unpaired) electrons. The minimum Gasteiger partial charge on any atom is -0.479 e. The molecular weight excluding hydrogens is 234 g/mol. The number of aromatic nitrogens is 1. The zero-order chi connectivity index (χ0) is 12.0. The van der Waals surface area contributed by atoms with Gasteiger partial charge in [-0.1, -0.05) is 0 Å². The number of hydrogen-bond acceptors (Lipinski definition) is 5. The molecular formula is C8H11N3O4S. The van der Waals surface area contributed by atoms with Gasteiger partial charge >= 0.3 is 12.0 Å². The average Bonchev–Trinajstić information content (AvgIpc) is 2.60. The van der Waals surface area contributed by atoms with Gasteiger partial charge in [0.2, 0.25) is 0 Å². The lowest BCUT2D eigenvalue weighted by Crippen LogP contribution is -2.36. The van der Waals surface area contributed by atoms with Crippen molar-refractivity contribution in [3.05, 3.63) is 16.1 Å². The Balaban J connectivity index is 2.20. The minimum absolute atomic E-state index is 0.332. The summed E-state index contributed by atoms with van der Waals surface area (Å²) in [6.07, 6.45) is 0. The standard InChI is InChI=1S/C8H11N3O4S/c1-5-6(16-4-10-5)2-9-8(14)11-15-3-7(12)13/h4H,2-3H2,1H3,(H,12,13)(H2,9,11,14). The Hall–Kier alpha value is -1.67. The van der Waals surface area contributed by atoms with Crippen LogP contribution in [0.25, 0.3) is 0 Å². The van der Waals surface area contributed by atoms with Gasteiger partial charge in [0.25, 0.3) is 0 Å². The number of nitrogens with zero attached hydrogens (tertiary/aromatic N) is 1. The number of carbonyl (C=O) groups excluding carboxylic acids is 1. The summed E-state index contributed by atoms with van der Waals surface area (Å²) < 4.78 is 0. The van der Waals surface area contributed by atoms with E-state index in [9.17, 15) is 9.59 Å². The number of aryl methyl sites for hydroxylation is 1. The molecule has 88 valence electrons. The SMILES string of the molecule is Cc1ncsc1CNC(=O)NOCC(=O)O. The highest BCUT2D eigenvalue weighted by Gasteiger charge is 2.05. The van der Waals surface area contributed by atoms with Gasteiger partial charge in [-0.25, -0.2) is 20.1 Å². The second-order valence-corrected chi connectivity index (χ2v) is 3.77. The third kappa shape index (κ3) is 4.24. The first-order valence-electron chi connectivity index (χ1n) is 4.36. The second kappa shape index (κ2) is 6.03. The maximum atomic E-state index is 11.1. The Morgan fingerprint density at radius 1 is 1.62 bits per heavy atom. The summed E-state index contributed by atoms with van der Waals surface area (Å²) in [4.78, 5) is 30.5. The molecule has 0 spiro atoms. The fourth-order valence-electron chi connectivity index (χ4n) is 0.856. The van der Waals surface area contributed by atoms with Gasteiger partial charge in [-0.2, -0.15) is 0 Å². The predicted octanol–water partition coefficient (Wildman–Crippen LogP) is 0.267. The van der Waals surface area contributed by atoms with E-state index in [4.69, 9.17) is 5.11 Å². The lowest BCUT2D eigenvalue weighted by molar-refractivity contribution is -0.144. The normalized spacial score (nSPS) is 9.81. The van der Waals surface area contributed by atoms with Crippen molar-refractivity contribution in [2.45, 2.75) is 13.5 Å². The summed E-state index contributed by atoms with van der Waals surface area (Å²) in [6, 6.07) is -0.589. The maximum Gasteiger partial charge on any atom is 0.339 e. The van der Waals surface area contributed by atoms with Crippen molar-refractivity contribution in [3.8, 4) is 0 Å². The Morgan fingerprint density at radius 3 is 2.94 bits per heavy atom. The van der Waals surface area contributed by atoms with Gasteiger partial charge in [0.15, 0.2) is 6.61 Å². The van der Waals surface area contributed by atoms with Gasteiger partial charge in [0.05, 0.1) is 17.7 Å². The fourth-order valence-corrected chi connectivity index (χ4v) is 1.57. The Labute approximate surface area is 95.4 Å². The van der Waals surface area contributed by atoms with Gasteiger partial charge < -0.3 is 10.4 Å². The molecule has 1 heterocycles. The van der Waals surface area contributed by atoms with E-state index in [1.165, 1.54) is 11.3 Å². The summed E-state index contributed by atoms with van der Waals surface area (Å²) in [5, 5.41) is 10.7. The van der Waals surface area contributed by atoms with Crippen LogP contribution in [0.1, 0.15) is 10.6 Å². The Kier molecular flexibility index (Phi) is 4.67. The third-order valence-electron chi connectivity index (χ3n) is 1.61. The Bertz CT molecular complexity index is 379. The van der Waals surface area contributed by atoms with E-state index in [-0.39, 0.29) is 0 Å². The lowest BCUT2D eigenvalue weighted by Gasteiger charge is -2.05. The zero-order valence-electron chi connectivity index (χ0n) is 8.52. The summed E-state index contributed by atoms with van der Waals surface area (Å²) in [5.41, 5.74) is 4.49. The largest absolute Gasteiger partial charge is 0.479 e. The molecule has 8 heteroatoms. The molecule has 0 aromatic carbocycles. The van der Waals surface area contributed by atoms with Gasteiger partial charge in [-0.05, 0) is 6.92 Å². The molecule has 0 atom stereocenters. The van der Waals surface area contributed by atoms with Crippen molar-refractivity contribution in [1.82, 2.24) is 15.8 Å². The second-order valence-electron chi connectivity index (χ2n) is 2.83. The van der Waals surface area contributed by atoms with E-state index in [0.29, 0.717) is 6.54 Å². The summed E-state index contributed by atoms with van der Waals surface area (Å²) in [7, 11) is 0. The molecule has 1 aromatic rings. The smallest absolute Gasteiger partial charge is 0.339 e. The first-order chi connectivity index (χ1) is 7.59. The molecule has 0 aliphatic carbocycles. The molecule has 0 aliphatic heterocycles. The molecule has 0 saturated heterocycles. The molecule has 1 aromatic heterocycles. The van der Waals surface area contributed by atoms with E-state index in [2.05, 4.69) is 15.1 Å². The predicted molar refractivity (Wildman–Crippen MR) is 55.8 cm³/mol. The quantitative estimate of drug-likeness (QED) is 0.646. The van der Waals surface area contributed by atoms with Crippen LogP contribution < -0.4 is 10.8 Å². The molecule has 0 unspecified atom stereocenters. The molecule has 0 saturated carbocycles. The van der Waals surface area contributed by atoms with Crippen molar-refractivity contribution in [1.29, 1.82) is 0 Å². The fraction of sp³-hybridized carbons (Fsp3) is 0.375. The van der Waals surface area contributed by atoms with Crippen LogP contribution in [0.2, 0.25) is 0 Å². The van der Waals surface area contributed by atoms with Crippen LogP contribution in [-0.4, -0.2) is 28.7 Å². The number of carboxylic acids is 1. The van der Waals surface area contributed by atoms with Crippen LogP contribution in [-0.2, 0) is 16.2 Å². The van der Waals surface area contributed by atoms with Crippen molar-refractivity contribution in [2.75, 3.05) is 6.61 Å². The summed E-state index contributed by atoms with van der Waals surface area (Å²) >= 11 is 1.43. The van der Waals surface area contributed by atoms with E-state index in [1.807, 2.05) is 12.4 Å². The number of thiazole rings is 1. The topological polar surface area (TPSA) is 101 Å². The van der Waals surface area contributed by atoms with Crippen LogP contribution in [0.3, 0.4) is 0 Å². The van der Waals surface area contributed by atoms with Gasteiger partial charge in [0.1, 0.15) is 0 Å². The summed E-state index contributed by atoms with van der Waals surface area (Å²) in [6.45, 7) is 1.60. The number of nitrogens with one attached hydrogen (secondary N) is 2. The van der Waals surface area contributed by atoms with E-state index < -0.39 is 18.6 Å². The molecule has 2 amide bonds. The maximum absolute atomic E-state index is 11.1. The van der Waals surface area contributed by atoms with Crippen molar-refractivity contribution in [3.63, 3.8) is 0 Å². The average molecular weight is 245 g/mol. The number of rotatable bonds is 5. The van der Waals surface area contributed by atoms with Crippen LogP contribution in [0.4, 0.5) is 4.79 Å². The molecule has 0 fully saturated rings. The molecule has 7 nitrogen and oxygen atoms in total. The number of carbonyl (C=O) groups is 2. The third-order valence-corrected chi connectivity index (χ3v) is 2.55. The van der Waals surface area contributed by atoms with Crippen molar-refractivity contribution in [2.24, 2.45) is 0 Å². The molecule has 16 heavy (non-hydrogen) atoms. The van der Waals surface area contributed by atoms with Crippen LogP contribution in [0.5, 0.6) is 0 Å². The number of hydroxylamine groups is 1. The van der Waals surface area contributed by atoms with Crippen LogP contribution >= 0.6 is 11.3 Å². The monoisotopic (exact) mass is 245 g/mol. The van der Waals surface area contributed by atoms with Gasteiger partial charge in [0, 0.05) is 4.88 Å². The van der Waals surface area contributed by atoms with E-state index in [1.54, 1.807) is 5.51 Å². The molecule has 3 N–H and O–H groups in total. The van der Waals surface area contributed by atoms with Crippen LogP contribution in [0, 0.1) is 6.92 Å². The van der Waals surface area contributed by atoms with E-state index >= 15 is 0 Å². The molecule has 0 aliphatic rings. The molecule has 0 bridgehead atoms. The zero-order valence-corrected chi connectivity index (χ0v) is 9.34. The number of carboxylic acid groups (broad SMARTS) is 1. The van der Waals surface area contributed by atoms with Crippen molar-refractivity contribution < 1.29 is 19.5 Å². The molecule has 1 rings (SSSR count). The highest BCUT2D eigenvalue weighted by Crippen LogP contribution is 2.10. The summed E-state index contributed by atoms with van der Waals surface area (Å²) in [5.74, 6) is -1.15. The van der Waals surface area contributed by atoms with Crippen LogP contribution in [0.15, 0.2) is 5.51 Å². The first-order valence-corrected chi connectivity index (χ1v) is 5.24. The Morgan fingerprint density at radius 2 is 2.38 bits per heavy atom. The first kappa shape index (κ1) is 12.4. The number of amides is 2. The minimum atomic E-state index is -1.15. The number of hydrogen-bond donors (Lipinski definition) is 3. The highest BCUT2D eigenvalue weighted by molar-refractivity contribution is 7.09. The number of aliphatic carboxylic acids is 1.